The molecule has 0 fully saturated rings. The van der Waals surface area contributed by atoms with Crippen molar-refractivity contribution in [3.8, 4) is 0 Å². The Hall–Kier alpha value is -2.58. The molecular weight excluding hydrogens is 361 g/mol. The number of carbonyl (C=O) groups excluding carboxylic acids is 1. The Bertz CT molecular complexity index is 844. The van der Waals surface area contributed by atoms with Crippen LogP contribution < -0.4 is 11.1 Å². The van der Waals surface area contributed by atoms with Crippen molar-refractivity contribution in [1.82, 2.24) is 9.97 Å². The summed E-state index contributed by atoms with van der Waals surface area (Å²) in [6, 6.07) is 4.27. The van der Waals surface area contributed by atoms with Crippen LogP contribution in [-0.2, 0) is 10.3 Å². The largest absolute Gasteiger partial charge is 0.386 e. The molecule has 0 aliphatic carbocycles. The van der Waals surface area contributed by atoms with Gasteiger partial charge in [-0.25, -0.2) is 9.37 Å². The van der Waals surface area contributed by atoms with E-state index >= 15 is 0 Å². The maximum Gasteiger partial charge on any atom is 0.275 e. The molecule has 1 atom stereocenters. The zero-order chi connectivity index (χ0) is 18.0. The molecule has 7 nitrogen and oxygen atoms in total. The summed E-state index contributed by atoms with van der Waals surface area (Å²) in [5, 5.41) is 2.68. The third-order valence-electron chi connectivity index (χ3n) is 3.84. The van der Waals surface area contributed by atoms with E-state index in [-0.39, 0.29) is 31.3 Å². The first-order valence-corrected chi connectivity index (χ1v) is 7.69. The number of nitrogens with zero attached hydrogens (tertiary/aromatic N) is 3. The van der Waals surface area contributed by atoms with Gasteiger partial charge in [0.2, 0.25) is 0 Å². The van der Waals surface area contributed by atoms with E-state index in [9.17, 15) is 9.18 Å². The van der Waals surface area contributed by atoms with Gasteiger partial charge in [0.05, 0.1) is 18.5 Å². The van der Waals surface area contributed by atoms with E-state index < -0.39 is 17.3 Å². The summed E-state index contributed by atoms with van der Waals surface area (Å²) in [7, 11) is 0. The predicted octanol–water partition coefficient (Wildman–Crippen LogP) is 2.20. The zero-order valence-electron chi connectivity index (χ0n) is 14.3. The van der Waals surface area contributed by atoms with Crippen LogP contribution in [0.1, 0.15) is 28.7 Å². The van der Waals surface area contributed by atoms with Gasteiger partial charge in [-0.15, -0.1) is 12.4 Å². The van der Waals surface area contributed by atoms with E-state index in [0.717, 1.165) is 0 Å². The molecule has 0 bridgehead atoms. The van der Waals surface area contributed by atoms with Gasteiger partial charge in [-0.05, 0) is 32.0 Å². The second-order valence-electron chi connectivity index (χ2n) is 6.06. The minimum Gasteiger partial charge on any atom is -0.386 e. The number of benzene rings is 1. The lowest BCUT2D eigenvalue weighted by Gasteiger charge is -2.30. The quantitative estimate of drug-likeness (QED) is 0.851. The highest BCUT2D eigenvalue weighted by Crippen LogP contribution is 2.32. The highest BCUT2D eigenvalue weighted by atomic mass is 35.5. The van der Waals surface area contributed by atoms with Crippen LogP contribution in [0.25, 0.3) is 0 Å². The fourth-order valence-electron chi connectivity index (χ4n) is 2.59. The van der Waals surface area contributed by atoms with Gasteiger partial charge in [0.25, 0.3) is 5.91 Å². The lowest BCUT2D eigenvalue weighted by molar-refractivity contribution is 0.102. The molecule has 3 N–H and O–H groups in total. The van der Waals surface area contributed by atoms with Crippen LogP contribution >= 0.6 is 12.4 Å². The number of rotatable bonds is 3. The molecule has 1 aromatic heterocycles. The average Bonchev–Trinajstić information content (AvgIpc) is 2.57. The number of aliphatic imine (C=N–C) groups is 1. The topological polar surface area (TPSA) is 102 Å². The van der Waals surface area contributed by atoms with Gasteiger partial charge >= 0.3 is 0 Å². The van der Waals surface area contributed by atoms with Crippen molar-refractivity contribution in [3.05, 3.63) is 53.4 Å². The fraction of sp³-hybridized carbons (Fsp3) is 0.294. The first-order chi connectivity index (χ1) is 11.9. The smallest absolute Gasteiger partial charge is 0.275 e. The number of amides is 1. The van der Waals surface area contributed by atoms with Crippen molar-refractivity contribution in [2.45, 2.75) is 19.4 Å². The van der Waals surface area contributed by atoms with Crippen LogP contribution in [0.15, 0.2) is 35.6 Å². The second kappa shape index (κ2) is 7.76. The first-order valence-electron chi connectivity index (χ1n) is 7.69. The number of aromatic nitrogens is 2. The first kappa shape index (κ1) is 19.7. The number of halogens is 2. The molecule has 138 valence electrons. The van der Waals surface area contributed by atoms with Crippen LogP contribution in [0, 0.1) is 12.7 Å². The van der Waals surface area contributed by atoms with Crippen molar-refractivity contribution in [2.24, 2.45) is 10.7 Å². The molecule has 2 aromatic rings. The van der Waals surface area contributed by atoms with E-state index in [1.807, 2.05) is 0 Å². The van der Waals surface area contributed by atoms with Crippen molar-refractivity contribution < 1.29 is 13.9 Å². The molecule has 26 heavy (non-hydrogen) atoms. The molecule has 3 rings (SSSR count). The Labute approximate surface area is 156 Å². The van der Waals surface area contributed by atoms with E-state index in [2.05, 4.69) is 20.3 Å². The summed E-state index contributed by atoms with van der Waals surface area (Å²) in [6.07, 6.45) is 2.89. The number of nitrogens with one attached hydrogen (secondary N) is 1. The molecule has 2 heterocycles. The molecule has 1 aliphatic rings. The van der Waals surface area contributed by atoms with E-state index in [1.165, 1.54) is 30.6 Å². The molecule has 0 spiro atoms. The van der Waals surface area contributed by atoms with Crippen LogP contribution in [-0.4, -0.2) is 34.9 Å². The fourth-order valence-corrected chi connectivity index (χ4v) is 2.59. The monoisotopic (exact) mass is 379 g/mol. The number of hydrogen-bond acceptors (Lipinski definition) is 6. The van der Waals surface area contributed by atoms with E-state index in [4.69, 9.17) is 10.5 Å². The van der Waals surface area contributed by atoms with Gasteiger partial charge in [0, 0.05) is 17.4 Å². The molecule has 0 saturated heterocycles. The lowest BCUT2D eigenvalue weighted by atomic mass is 9.92. The standard InChI is InChI=1S/C17H18FN5O2.ClH/c1-10-6-21-14(7-20-10)16(24)22-11-3-4-13(18)12(5-11)17(2)9-25-8-15(19)23-17;/h3-7H,8-9H2,1-2H3,(H2,19,23)(H,22,24);1H. The Morgan fingerprint density at radius 1 is 1.35 bits per heavy atom. The van der Waals surface area contributed by atoms with Crippen molar-refractivity contribution in [3.63, 3.8) is 0 Å². The normalized spacial score (nSPS) is 19.3. The van der Waals surface area contributed by atoms with Gasteiger partial charge in [-0.1, -0.05) is 0 Å². The van der Waals surface area contributed by atoms with Gasteiger partial charge in [0.1, 0.15) is 29.5 Å². The summed E-state index contributed by atoms with van der Waals surface area (Å²) in [4.78, 5) is 24.6. The lowest BCUT2D eigenvalue weighted by Crippen LogP contribution is -2.38. The number of carbonyl (C=O) groups is 1. The number of ether oxygens (including phenoxy) is 1. The molecule has 0 radical (unpaired) electrons. The van der Waals surface area contributed by atoms with Crippen molar-refractivity contribution in [2.75, 3.05) is 18.5 Å². The minimum absolute atomic E-state index is 0. The molecule has 9 heteroatoms. The van der Waals surface area contributed by atoms with Crippen LogP contribution in [0.2, 0.25) is 0 Å². The molecule has 1 amide bonds. The van der Waals surface area contributed by atoms with Crippen LogP contribution in [0.4, 0.5) is 10.1 Å². The maximum absolute atomic E-state index is 14.3. The summed E-state index contributed by atoms with van der Waals surface area (Å²) < 4.78 is 19.7. The third kappa shape index (κ3) is 4.14. The van der Waals surface area contributed by atoms with E-state index in [1.54, 1.807) is 13.8 Å². The summed E-state index contributed by atoms with van der Waals surface area (Å²) in [6.45, 7) is 3.93. The highest BCUT2D eigenvalue weighted by molar-refractivity contribution is 6.02. The maximum atomic E-state index is 14.3. The number of aryl methyl sites for hydroxylation is 1. The summed E-state index contributed by atoms with van der Waals surface area (Å²) in [5.41, 5.74) is 6.37. The molecule has 0 saturated carbocycles. The Kier molecular flexibility index (Phi) is 5.89. The molecule has 1 aliphatic heterocycles. The second-order valence-corrected chi connectivity index (χ2v) is 6.06. The number of amidine groups is 1. The van der Waals surface area contributed by atoms with Gasteiger partial charge < -0.3 is 15.8 Å². The molecule has 1 aromatic carbocycles. The highest BCUT2D eigenvalue weighted by Gasteiger charge is 2.33. The molecular formula is C17H19ClFN5O2. The molecule has 1 unspecified atom stereocenters. The number of anilines is 1. The van der Waals surface area contributed by atoms with Gasteiger partial charge in [-0.2, -0.15) is 0 Å². The number of nitrogens with two attached hydrogens (primary N) is 1. The third-order valence-corrected chi connectivity index (χ3v) is 3.84. The van der Waals surface area contributed by atoms with Crippen molar-refractivity contribution in [1.29, 1.82) is 0 Å². The predicted molar refractivity (Wildman–Crippen MR) is 98.2 cm³/mol. The summed E-state index contributed by atoms with van der Waals surface area (Å²) >= 11 is 0. The zero-order valence-corrected chi connectivity index (χ0v) is 15.1. The van der Waals surface area contributed by atoms with Crippen LogP contribution in [0.5, 0.6) is 0 Å². The Morgan fingerprint density at radius 2 is 2.12 bits per heavy atom. The summed E-state index contributed by atoms with van der Waals surface area (Å²) in [5.74, 6) is -0.576. The Morgan fingerprint density at radius 3 is 2.77 bits per heavy atom. The van der Waals surface area contributed by atoms with Crippen LogP contribution in [0.3, 0.4) is 0 Å². The minimum atomic E-state index is -0.948. The average molecular weight is 380 g/mol. The van der Waals surface area contributed by atoms with Gasteiger partial charge in [0.15, 0.2) is 0 Å². The van der Waals surface area contributed by atoms with E-state index in [0.29, 0.717) is 22.8 Å². The van der Waals surface area contributed by atoms with Crippen molar-refractivity contribution >= 4 is 29.8 Å². The number of hydrogen-bond donors (Lipinski definition) is 2. The Balaban J connectivity index is 0.00000243. The SMILES string of the molecule is Cc1cnc(C(=O)Nc2ccc(F)c(C3(C)COCC(N)=N3)c2)cn1.Cl. The van der Waals surface area contributed by atoms with Gasteiger partial charge in [-0.3, -0.25) is 14.8 Å².